The van der Waals surface area contributed by atoms with Crippen LogP contribution < -0.4 is 5.73 Å². The molecular weight excluding hydrogens is 186 g/mol. The maximum absolute atomic E-state index is 5.82. The minimum absolute atomic E-state index is 0.0290. The van der Waals surface area contributed by atoms with Gasteiger partial charge in [0.1, 0.15) is 5.82 Å². The van der Waals surface area contributed by atoms with Gasteiger partial charge < -0.3 is 10.7 Å². The van der Waals surface area contributed by atoms with Crippen molar-refractivity contribution in [3.05, 3.63) is 41.7 Å². The van der Waals surface area contributed by atoms with Gasteiger partial charge in [0.15, 0.2) is 0 Å². The van der Waals surface area contributed by atoms with E-state index in [0.29, 0.717) is 0 Å². The van der Waals surface area contributed by atoms with E-state index in [2.05, 4.69) is 9.97 Å². The first-order valence-corrected chi connectivity index (χ1v) is 5.06. The molecule has 1 atom stereocenters. The largest absolute Gasteiger partial charge is 0.342 e. The van der Waals surface area contributed by atoms with Crippen molar-refractivity contribution in [3.8, 4) is 11.4 Å². The zero-order valence-electron chi connectivity index (χ0n) is 8.99. The fraction of sp³-hybridized carbons (Fsp3) is 0.250. The van der Waals surface area contributed by atoms with Crippen molar-refractivity contribution in [3.63, 3.8) is 0 Å². The molecule has 0 spiro atoms. The van der Waals surface area contributed by atoms with Crippen LogP contribution in [0.15, 0.2) is 30.3 Å². The number of hydrogen-bond donors (Lipinski definition) is 2. The fourth-order valence-corrected chi connectivity index (χ4v) is 1.65. The van der Waals surface area contributed by atoms with Gasteiger partial charge in [0.05, 0.1) is 5.69 Å². The summed E-state index contributed by atoms with van der Waals surface area (Å²) in [6, 6.07) is 10.0. The van der Waals surface area contributed by atoms with Crippen molar-refractivity contribution in [1.82, 2.24) is 9.97 Å². The number of aromatic nitrogens is 2. The molecule has 1 aromatic heterocycles. The number of imidazole rings is 1. The van der Waals surface area contributed by atoms with Crippen LogP contribution in [0.25, 0.3) is 11.4 Å². The molecule has 78 valence electrons. The highest BCUT2D eigenvalue weighted by molar-refractivity contribution is 5.55. The molecule has 3 N–H and O–H groups in total. The van der Waals surface area contributed by atoms with Gasteiger partial charge in [-0.2, -0.15) is 0 Å². The first-order valence-electron chi connectivity index (χ1n) is 5.06. The predicted octanol–water partition coefficient (Wildman–Crippen LogP) is 2.40. The average molecular weight is 201 g/mol. The molecule has 0 saturated carbocycles. The highest BCUT2D eigenvalue weighted by atomic mass is 15.0. The second-order valence-corrected chi connectivity index (χ2v) is 3.75. The molecule has 1 unspecified atom stereocenters. The first-order chi connectivity index (χ1) is 7.18. The van der Waals surface area contributed by atoms with Crippen molar-refractivity contribution in [2.45, 2.75) is 19.9 Å². The monoisotopic (exact) mass is 201 g/mol. The van der Waals surface area contributed by atoms with E-state index < -0.39 is 0 Å². The number of rotatable bonds is 2. The van der Waals surface area contributed by atoms with Crippen LogP contribution in [0.2, 0.25) is 0 Å². The summed E-state index contributed by atoms with van der Waals surface area (Å²) < 4.78 is 0. The Morgan fingerprint density at radius 3 is 2.47 bits per heavy atom. The Morgan fingerprint density at radius 1 is 1.27 bits per heavy atom. The summed E-state index contributed by atoms with van der Waals surface area (Å²) in [4.78, 5) is 7.75. The number of benzene rings is 1. The quantitative estimate of drug-likeness (QED) is 0.784. The Hall–Kier alpha value is -1.61. The van der Waals surface area contributed by atoms with Gasteiger partial charge in [-0.25, -0.2) is 4.98 Å². The molecular formula is C12H15N3. The fourth-order valence-electron chi connectivity index (χ4n) is 1.65. The van der Waals surface area contributed by atoms with Crippen molar-refractivity contribution >= 4 is 0 Å². The Kier molecular flexibility index (Phi) is 2.56. The number of nitrogens with one attached hydrogen (secondary N) is 1. The number of hydrogen-bond acceptors (Lipinski definition) is 2. The van der Waals surface area contributed by atoms with Crippen LogP contribution >= 0.6 is 0 Å². The van der Waals surface area contributed by atoms with Gasteiger partial charge >= 0.3 is 0 Å². The molecule has 2 aromatic rings. The highest BCUT2D eigenvalue weighted by Crippen LogP contribution is 2.20. The number of H-pyrrole nitrogens is 1. The van der Waals surface area contributed by atoms with E-state index in [1.54, 1.807) is 0 Å². The molecule has 0 amide bonds. The van der Waals surface area contributed by atoms with Crippen LogP contribution in [-0.4, -0.2) is 9.97 Å². The lowest BCUT2D eigenvalue weighted by atomic mass is 10.2. The van der Waals surface area contributed by atoms with Crippen molar-refractivity contribution in [2.24, 2.45) is 5.73 Å². The maximum Gasteiger partial charge on any atom is 0.137 e. The Labute approximate surface area is 89.4 Å². The van der Waals surface area contributed by atoms with Gasteiger partial charge in [0.25, 0.3) is 0 Å². The van der Waals surface area contributed by atoms with E-state index in [-0.39, 0.29) is 6.04 Å². The van der Waals surface area contributed by atoms with Crippen molar-refractivity contribution in [1.29, 1.82) is 0 Å². The lowest BCUT2D eigenvalue weighted by molar-refractivity contribution is 0.781. The Bertz CT molecular complexity index is 443. The standard InChI is InChI=1S/C12H15N3/c1-8(13)11-9(2)14-12(15-11)10-6-4-3-5-7-10/h3-8H,13H2,1-2H3,(H,14,15). The van der Waals surface area contributed by atoms with Gasteiger partial charge in [0.2, 0.25) is 0 Å². The predicted molar refractivity (Wildman–Crippen MR) is 61.4 cm³/mol. The summed E-state index contributed by atoms with van der Waals surface area (Å²) in [6.07, 6.45) is 0. The summed E-state index contributed by atoms with van der Waals surface area (Å²) >= 11 is 0. The van der Waals surface area contributed by atoms with E-state index in [1.807, 2.05) is 44.2 Å². The molecule has 0 aliphatic rings. The SMILES string of the molecule is Cc1[nH]c(-c2ccccc2)nc1C(C)N. The molecule has 3 heteroatoms. The van der Waals surface area contributed by atoms with E-state index in [0.717, 1.165) is 22.8 Å². The highest BCUT2D eigenvalue weighted by Gasteiger charge is 2.10. The van der Waals surface area contributed by atoms with Crippen molar-refractivity contribution in [2.75, 3.05) is 0 Å². The number of nitrogens with two attached hydrogens (primary N) is 1. The summed E-state index contributed by atoms with van der Waals surface area (Å²) in [5.74, 6) is 0.889. The van der Waals surface area contributed by atoms with Gasteiger partial charge in [-0.15, -0.1) is 0 Å². The normalized spacial score (nSPS) is 12.7. The lowest BCUT2D eigenvalue weighted by Gasteiger charge is -1.99. The third-order valence-electron chi connectivity index (χ3n) is 2.40. The van der Waals surface area contributed by atoms with Crippen LogP contribution in [-0.2, 0) is 0 Å². The summed E-state index contributed by atoms with van der Waals surface area (Å²) in [6.45, 7) is 3.94. The molecule has 0 aliphatic carbocycles. The average Bonchev–Trinajstić information content (AvgIpc) is 2.62. The maximum atomic E-state index is 5.82. The molecule has 0 saturated heterocycles. The van der Waals surface area contributed by atoms with Crippen molar-refractivity contribution < 1.29 is 0 Å². The zero-order chi connectivity index (χ0) is 10.8. The minimum Gasteiger partial charge on any atom is -0.342 e. The topological polar surface area (TPSA) is 54.7 Å². The molecule has 0 aliphatic heterocycles. The van der Waals surface area contributed by atoms with Gasteiger partial charge in [-0.3, -0.25) is 0 Å². The van der Waals surface area contributed by atoms with Crippen LogP contribution in [0.4, 0.5) is 0 Å². The summed E-state index contributed by atoms with van der Waals surface area (Å²) in [5.41, 5.74) is 8.90. The van der Waals surface area contributed by atoms with E-state index in [9.17, 15) is 0 Å². The molecule has 1 aromatic carbocycles. The Morgan fingerprint density at radius 2 is 1.93 bits per heavy atom. The van der Waals surface area contributed by atoms with E-state index >= 15 is 0 Å². The van der Waals surface area contributed by atoms with Gasteiger partial charge in [-0.1, -0.05) is 30.3 Å². The molecule has 15 heavy (non-hydrogen) atoms. The Balaban J connectivity index is 2.43. The van der Waals surface area contributed by atoms with E-state index in [1.165, 1.54) is 0 Å². The summed E-state index contributed by atoms with van der Waals surface area (Å²) in [7, 11) is 0. The van der Waals surface area contributed by atoms with Gasteiger partial charge in [0, 0.05) is 17.3 Å². The van der Waals surface area contributed by atoms with Crippen LogP contribution in [0.1, 0.15) is 24.4 Å². The van der Waals surface area contributed by atoms with Crippen LogP contribution in [0.5, 0.6) is 0 Å². The molecule has 3 nitrogen and oxygen atoms in total. The third kappa shape index (κ3) is 1.92. The zero-order valence-corrected chi connectivity index (χ0v) is 8.99. The number of aryl methyl sites for hydroxylation is 1. The molecule has 2 rings (SSSR count). The van der Waals surface area contributed by atoms with E-state index in [4.69, 9.17) is 5.73 Å². The minimum atomic E-state index is -0.0290. The molecule has 1 heterocycles. The third-order valence-corrected chi connectivity index (χ3v) is 2.40. The number of aromatic amines is 1. The smallest absolute Gasteiger partial charge is 0.137 e. The van der Waals surface area contributed by atoms with Gasteiger partial charge in [-0.05, 0) is 13.8 Å². The second-order valence-electron chi connectivity index (χ2n) is 3.75. The molecule has 0 fully saturated rings. The number of nitrogens with zero attached hydrogens (tertiary/aromatic N) is 1. The molecule has 0 bridgehead atoms. The van der Waals surface area contributed by atoms with Crippen LogP contribution in [0.3, 0.4) is 0 Å². The van der Waals surface area contributed by atoms with Crippen LogP contribution in [0, 0.1) is 6.92 Å². The second kappa shape index (κ2) is 3.87. The lowest BCUT2D eigenvalue weighted by Crippen LogP contribution is -2.06. The summed E-state index contributed by atoms with van der Waals surface area (Å²) in [5, 5.41) is 0. The molecule has 0 radical (unpaired) electrons. The first kappa shape index (κ1) is 9.93.